The number of benzene rings is 1. The van der Waals surface area contributed by atoms with Gasteiger partial charge in [-0.1, -0.05) is 6.07 Å². The van der Waals surface area contributed by atoms with Crippen LogP contribution >= 0.6 is 0 Å². The molecule has 0 spiro atoms. The third kappa shape index (κ3) is 3.44. The zero-order valence-electron chi connectivity index (χ0n) is 11.2. The molecule has 21 heavy (non-hydrogen) atoms. The van der Waals surface area contributed by atoms with Crippen LogP contribution in [0.1, 0.15) is 15.9 Å². The molecule has 1 heterocycles. The highest BCUT2D eigenvalue weighted by Gasteiger charge is 2.15. The summed E-state index contributed by atoms with van der Waals surface area (Å²) in [5.74, 6) is -2.03. The van der Waals surface area contributed by atoms with Crippen LogP contribution in [0.2, 0.25) is 0 Å². The summed E-state index contributed by atoms with van der Waals surface area (Å²) in [7, 11) is 1.49. The standard InChI is InChI=1S/C14H13F2N3O2/c1-21-12-3-2-8(6-18-12)7-19-14(20)10-4-9(15)5-11(17)13(10)16/h2-6H,7,17H2,1H3,(H,19,20). The Morgan fingerprint density at radius 1 is 1.38 bits per heavy atom. The van der Waals surface area contributed by atoms with Crippen molar-refractivity contribution < 1.29 is 18.3 Å². The largest absolute Gasteiger partial charge is 0.481 e. The van der Waals surface area contributed by atoms with E-state index in [2.05, 4.69) is 10.3 Å². The minimum atomic E-state index is -0.943. The van der Waals surface area contributed by atoms with Gasteiger partial charge >= 0.3 is 0 Å². The number of hydrogen-bond acceptors (Lipinski definition) is 4. The van der Waals surface area contributed by atoms with Gasteiger partial charge in [0.05, 0.1) is 18.4 Å². The van der Waals surface area contributed by atoms with Crippen molar-refractivity contribution in [2.45, 2.75) is 6.54 Å². The summed E-state index contributed by atoms with van der Waals surface area (Å²) >= 11 is 0. The van der Waals surface area contributed by atoms with Gasteiger partial charge in [-0.15, -0.1) is 0 Å². The van der Waals surface area contributed by atoms with Gasteiger partial charge in [0.1, 0.15) is 5.82 Å². The molecule has 0 radical (unpaired) electrons. The van der Waals surface area contributed by atoms with Gasteiger partial charge in [0.25, 0.3) is 5.91 Å². The zero-order chi connectivity index (χ0) is 15.4. The van der Waals surface area contributed by atoms with Crippen LogP contribution in [0, 0.1) is 11.6 Å². The Hall–Kier alpha value is -2.70. The number of ether oxygens (including phenoxy) is 1. The summed E-state index contributed by atoms with van der Waals surface area (Å²) in [5, 5.41) is 2.47. The number of nitrogens with two attached hydrogens (primary N) is 1. The summed E-state index contributed by atoms with van der Waals surface area (Å²) in [4.78, 5) is 15.8. The Morgan fingerprint density at radius 3 is 2.76 bits per heavy atom. The highest BCUT2D eigenvalue weighted by atomic mass is 19.1. The molecule has 2 aromatic rings. The Morgan fingerprint density at radius 2 is 2.14 bits per heavy atom. The van der Waals surface area contributed by atoms with E-state index in [0.29, 0.717) is 11.4 Å². The second-order valence-corrected chi connectivity index (χ2v) is 4.25. The van der Waals surface area contributed by atoms with Gasteiger partial charge in [0.15, 0.2) is 5.82 Å². The SMILES string of the molecule is COc1ccc(CNC(=O)c2cc(F)cc(N)c2F)cn1. The number of halogens is 2. The highest BCUT2D eigenvalue weighted by Crippen LogP contribution is 2.17. The van der Waals surface area contributed by atoms with Crippen LogP contribution in [-0.2, 0) is 6.54 Å². The number of methoxy groups -OCH3 is 1. The minimum Gasteiger partial charge on any atom is -0.481 e. The number of carbonyl (C=O) groups excluding carboxylic acids is 1. The molecule has 5 nitrogen and oxygen atoms in total. The smallest absolute Gasteiger partial charge is 0.254 e. The van der Waals surface area contributed by atoms with Crippen LogP contribution in [0.5, 0.6) is 5.88 Å². The Balaban J connectivity index is 2.08. The van der Waals surface area contributed by atoms with Gasteiger partial charge < -0.3 is 15.8 Å². The maximum atomic E-state index is 13.7. The van der Waals surface area contributed by atoms with E-state index < -0.39 is 28.8 Å². The van der Waals surface area contributed by atoms with Gasteiger partial charge in [-0.3, -0.25) is 4.79 Å². The summed E-state index contributed by atoms with van der Waals surface area (Å²) in [5.41, 5.74) is 5.12. The first-order chi connectivity index (χ1) is 10.0. The van der Waals surface area contributed by atoms with Gasteiger partial charge in [-0.05, 0) is 17.7 Å². The zero-order valence-corrected chi connectivity index (χ0v) is 11.2. The molecule has 0 saturated heterocycles. The molecule has 0 aliphatic heterocycles. The number of hydrogen-bond donors (Lipinski definition) is 2. The fourth-order valence-electron chi connectivity index (χ4n) is 1.69. The lowest BCUT2D eigenvalue weighted by molar-refractivity contribution is 0.0946. The van der Waals surface area contributed by atoms with Crippen molar-refractivity contribution in [2.75, 3.05) is 12.8 Å². The number of anilines is 1. The molecule has 1 amide bonds. The van der Waals surface area contributed by atoms with Crippen molar-refractivity contribution in [2.24, 2.45) is 0 Å². The van der Waals surface area contributed by atoms with E-state index in [0.717, 1.165) is 12.1 Å². The molecule has 7 heteroatoms. The van der Waals surface area contributed by atoms with Gasteiger partial charge in [0, 0.05) is 18.8 Å². The van der Waals surface area contributed by atoms with Crippen molar-refractivity contribution in [3.63, 3.8) is 0 Å². The quantitative estimate of drug-likeness (QED) is 0.844. The predicted molar refractivity (Wildman–Crippen MR) is 72.7 cm³/mol. The summed E-state index contributed by atoms with van der Waals surface area (Å²) in [6, 6.07) is 4.94. The van der Waals surface area contributed by atoms with E-state index in [4.69, 9.17) is 10.5 Å². The molecule has 0 unspecified atom stereocenters. The summed E-state index contributed by atoms with van der Waals surface area (Å²) < 4.78 is 31.7. The monoisotopic (exact) mass is 293 g/mol. The fourth-order valence-corrected chi connectivity index (χ4v) is 1.69. The molecule has 1 aromatic carbocycles. The molecule has 2 rings (SSSR count). The lowest BCUT2D eigenvalue weighted by Gasteiger charge is -2.08. The normalized spacial score (nSPS) is 10.2. The molecule has 1 aromatic heterocycles. The number of pyridine rings is 1. The molecule has 3 N–H and O–H groups in total. The van der Waals surface area contributed by atoms with E-state index in [-0.39, 0.29) is 6.54 Å². The van der Waals surface area contributed by atoms with Gasteiger partial charge in [-0.2, -0.15) is 0 Å². The van der Waals surface area contributed by atoms with Gasteiger partial charge in [0.2, 0.25) is 5.88 Å². The Kier molecular flexibility index (Phi) is 4.32. The minimum absolute atomic E-state index is 0.117. The maximum absolute atomic E-state index is 13.7. The molecule has 0 bridgehead atoms. The van der Waals surface area contributed by atoms with E-state index in [9.17, 15) is 13.6 Å². The van der Waals surface area contributed by atoms with E-state index in [1.807, 2.05) is 0 Å². The highest BCUT2D eigenvalue weighted by molar-refractivity contribution is 5.95. The van der Waals surface area contributed by atoms with Crippen LogP contribution in [0.3, 0.4) is 0 Å². The third-order valence-corrected chi connectivity index (χ3v) is 2.77. The molecule has 0 fully saturated rings. The summed E-state index contributed by atoms with van der Waals surface area (Å²) in [6.07, 6.45) is 1.51. The van der Waals surface area contributed by atoms with E-state index >= 15 is 0 Å². The van der Waals surface area contributed by atoms with E-state index in [1.54, 1.807) is 12.1 Å². The first-order valence-electron chi connectivity index (χ1n) is 6.03. The second-order valence-electron chi connectivity index (χ2n) is 4.25. The van der Waals surface area contributed by atoms with E-state index in [1.165, 1.54) is 13.3 Å². The average Bonchev–Trinajstić information content (AvgIpc) is 2.49. The van der Waals surface area contributed by atoms with Crippen molar-refractivity contribution in [1.82, 2.24) is 10.3 Å². The average molecular weight is 293 g/mol. The van der Waals surface area contributed by atoms with Crippen molar-refractivity contribution >= 4 is 11.6 Å². The molecule has 0 aliphatic rings. The van der Waals surface area contributed by atoms with Crippen LogP contribution in [0.25, 0.3) is 0 Å². The predicted octanol–water partition coefficient (Wildman–Crippen LogP) is 1.88. The van der Waals surface area contributed by atoms with Crippen molar-refractivity contribution in [3.05, 3.63) is 53.2 Å². The number of amides is 1. The number of nitrogen functional groups attached to an aromatic ring is 1. The number of nitrogens with one attached hydrogen (secondary N) is 1. The lowest BCUT2D eigenvalue weighted by Crippen LogP contribution is -2.24. The van der Waals surface area contributed by atoms with Crippen LogP contribution in [-0.4, -0.2) is 18.0 Å². The third-order valence-electron chi connectivity index (χ3n) is 2.77. The topological polar surface area (TPSA) is 77.2 Å². The Bertz CT molecular complexity index is 660. The van der Waals surface area contributed by atoms with Gasteiger partial charge in [-0.25, -0.2) is 13.8 Å². The first-order valence-corrected chi connectivity index (χ1v) is 6.03. The fraction of sp³-hybridized carbons (Fsp3) is 0.143. The lowest BCUT2D eigenvalue weighted by atomic mass is 10.1. The second kappa shape index (κ2) is 6.17. The maximum Gasteiger partial charge on any atom is 0.254 e. The number of aromatic nitrogens is 1. The van der Waals surface area contributed by atoms with Crippen LogP contribution in [0.15, 0.2) is 30.5 Å². The molecule has 0 aliphatic carbocycles. The van der Waals surface area contributed by atoms with Crippen molar-refractivity contribution in [1.29, 1.82) is 0 Å². The number of carbonyl (C=O) groups is 1. The number of rotatable bonds is 4. The van der Waals surface area contributed by atoms with Crippen LogP contribution in [0.4, 0.5) is 14.5 Å². The van der Waals surface area contributed by atoms with Crippen molar-refractivity contribution in [3.8, 4) is 5.88 Å². The number of nitrogens with zero attached hydrogens (tertiary/aromatic N) is 1. The molecular weight excluding hydrogens is 280 g/mol. The molecular formula is C14H13F2N3O2. The Labute approximate surface area is 119 Å². The molecule has 0 saturated carbocycles. The molecule has 110 valence electrons. The first kappa shape index (κ1) is 14.7. The molecule has 0 atom stereocenters. The van der Waals surface area contributed by atoms with Crippen LogP contribution < -0.4 is 15.8 Å². The summed E-state index contributed by atoms with van der Waals surface area (Å²) in [6.45, 7) is 0.117.